The average molecular weight is 217 g/mol. The maximum absolute atomic E-state index is 6.20. The van der Waals surface area contributed by atoms with E-state index in [9.17, 15) is 0 Å². The molecule has 2 aliphatic heterocycles. The number of fused-ring (bicyclic) bond motifs is 3. The van der Waals surface area contributed by atoms with Gasteiger partial charge in [0, 0.05) is 17.8 Å². The summed E-state index contributed by atoms with van der Waals surface area (Å²) in [5.41, 5.74) is 2.80. The summed E-state index contributed by atoms with van der Waals surface area (Å²) in [6.45, 7) is 3.38. The van der Waals surface area contributed by atoms with Crippen molar-refractivity contribution in [3.63, 3.8) is 0 Å². The molecule has 0 saturated carbocycles. The Kier molecular flexibility index (Phi) is 2.60. The largest absolute Gasteiger partial charge is 0.350 e. The van der Waals surface area contributed by atoms with E-state index in [2.05, 4.69) is 36.1 Å². The highest BCUT2D eigenvalue weighted by molar-refractivity contribution is 5.57. The predicted octanol–water partition coefficient (Wildman–Crippen LogP) is 3.48. The van der Waals surface area contributed by atoms with Gasteiger partial charge in [0.2, 0.25) is 0 Å². The normalized spacial score (nSPS) is 27.7. The van der Waals surface area contributed by atoms with Gasteiger partial charge in [-0.25, -0.2) is 0 Å². The Morgan fingerprint density at radius 2 is 2.25 bits per heavy atom. The number of benzene rings is 1. The van der Waals surface area contributed by atoms with E-state index in [1.807, 2.05) is 0 Å². The van der Waals surface area contributed by atoms with Crippen LogP contribution in [0.25, 0.3) is 0 Å². The van der Waals surface area contributed by atoms with E-state index in [4.69, 9.17) is 4.74 Å². The Labute approximate surface area is 97.2 Å². The van der Waals surface area contributed by atoms with Crippen LogP contribution in [0.4, 0.5) is 5.69 Å². The monoisotopic (exact) mass is 217 g/mol. The molecular formula is C14H19NO. The van der Waals surface area contributed by atoms with Crippen molar-refractivity contribution in [3.05, 3.63) is 29.8 Å². The number of hydrogen-bond donors (Lipinski definition) is 0. The zero-order valence-electron chi connectivity index (χ0n) is 9.86. The lowest BCUT2D eigenvalue weighted by Crippen LogP contribution is -2.37. The fourth-order valence-corrected chi connectivity index (χ4v) is 2.92. The second-order valence-corrected chi connectivity index (χ2v) is 4.76. The zero-order valence-corrected chi connectivity index (χ0v) is 9.86. The Hall–Kier alpha value is -1.02. The van der Waals surface area contributed by atoms with E-state index >= 15 is 0 Å². The molecule has 1 aromatic carbocycles. The Morgan fingerprint density at radius 3 is 3.12 bits per heavy atom. The van der Waals surface area contributed by atoms with E-state index in [0.717, 1.165) is 13.0 Å². The van der Waals surface area contributed by atoms with Crippen molar-refractivity contribution in [2.75, 3.05) is 11.4 Å². The van der Waals surface area contributed by atoms with Gasteiger partial charge in [0.25, 0.3) is 0 Å². The molecule has 1 aromatic rings. The van der Waals surface area contributed by atoms with E-state index in [-0.39, 0.29) is 0 Å². The highest BCUT2D eigenvalue weighted by Crippen LogP contribution is 2.41. The minimum absolute atomic E-state index is 0.320. The highest BCUT2D eigenvalue weighted by atomic mass is 16.5. The standard InChI is InChI=1S/C14H19NO/c1-2-6-13-11-7-3-4-8-12(11)15-10-5-9-14(15)16-13/h3-4,7-8,13-14H,2,5-6,9-10H2,1H3. The molecule has 2 heteroatoms. The molecule has 2 atom stereocenters. The topological polar surface area (TPSA) is 12.5 Å². The summed E-state index contributed by atoms with van der Waals surface area (Å²) in [5, 5.41) is 0. The molecule has 1 fully saturated rings. The predicted molar refractivity (Wildman–Crippen MR) is 65.5 cm³/mol. The molecule has 16 heavy (non-hydrogen) atoms. The first kappa shape index (κ1) is 10.2. The van der Waals surface area contributed by atoms with Crippen molar-refractivity contribution in [1.82, 2.24) is 0 Å². The molecule has 0 spiro atoms. The lowest BCUT2D eigenvalue weighted by Gasteiger charge is -2.38. The number of para-hydroxylation sites is 1. The van der Waals surface area contributed by atoms with Gasteiger partial charge in [0.05, 0.1) is 6.10 Å². The third-order valence-electron chi connectivity index (χ3n) is 3.66. The fourth-order valence-electron chi connectivity index (χ4n) is 2.92. The minimum Gasteiger partial charge on any atom is -0.350 e. The first-order valence-corrected chi connectivity index (χ1v) is 6.41. The zero-order chi connectivity index (χ0) is 11.0. The molecule has 0 amide bonds. The number of anilines is 1. The van der Waals surface area contributed by atoms with E-state index in [1.165, 1.54) is 30.5 Å². The van der Waals surface area contributed by atoms with Crippen LogP contribution in [-0.4, -0.2) is 12.8 Å². The molecule has 2 aliphatic rings. The first-order valence-electron chi connectivity index (χ1n) is 6.41. The summed E-state index contributed by atoms with van der Waals surface area (Å²) in [4.78, 5) is 2.43. The Balaban J connectivity index is 1.99. The van der Waals surface area contributed by atoms with Crippen LogP contribution in [0.1, 0.15) is 44.3 Å². The van der Waals surface area contributed by atoms with Crippen LogP contribution in [0.3, 0.4) is 0 Å². The van der Waals surface area contributed by atoms with Gasteiger partial charge in [-0.15, -0.1) is 0 Å². The van der Waals surface area contributed by atoms with E-state index in [1.54, 1.807) is 0 Å². The summed E-state index contributed by atoms with van der Waals surface area (Å²) >= 11 is 0. The third-order valence-corrected chi connectivity index (χ3v) is 3.66. The van der Waals surface area contributed by atoms with Gasteiger partial charge >= 0.3 is 0 Å². The van der Waals surface area contributed by atoms with Crippen LogP contribution >= 0.6 is 0 Å². The molecule has 0 radical (unpaired) electrons. The summed E-state index contributed by atoms with van der Waals surface area (Å²) in [6, 6.07) is 8.74. The molecule has 0 N–H and O–H groups in total. The van der Waals surface area contributed by atoms with Crippen LogP contribution in [0.15, 0.2) is 24.3 Å². The summed E-state index contributed by atoms with van der Waals surface area (Å²) in [6.07, 6.45) is 5.44. The molecule has 86 valence electrons. The van der Waals surface area contributed by atoms with Gasteiger partial charge in [-0.05, 0) is 25.3 Å². The SMILES string of the molecule is CCCC1OC2CCCN2c2ccccc21. The third kappa shape index (κ3) is 1.52. The van der Waals surface area contributed by atoms with Crippen molar-refractivity contribution in [2.45, 2.75) is 44.9 Å². The van der Waals surface area contributed by atoms with Crippen LogP contribution in [0.5, 0.6) is 0 Å². The molecule has 0 bridgehead atoms. The van der Waals surface area contributed by atoms with E-state index in [0.29, 0.717) is 12.3 Å². The molecule has 1 saturated heterocycles. The number of ether oxygens (including phenoxy) is 1. The molecule has 3 rings (SSSR count). The van der Waals surface area contributed by atoms with Gasteiger partial charge < -0.3 is 9.64 Å². The van der Waals surface area contributed by atoms with E-state index < -0.39 is 0 Å². The Bertz CT molecular complexity index is 377. The molecule has 0 aromatic heterocycles. The van der Waals surface area contributed by atoms with Gasteiger partial charge in [-0.2, -0.15) is 0 Å². The smallest absolute Gasteiger partial charge is 0.131 e. The molecule has 2 unspecified atom stereocenters. The maximum atomic E-state index is 6.20. The second-order valence-electron chi connectivity index (χ2n) is 4.76. The van der Waals surface area contributed by atoms with Gasteiger partial charge in [0.1, 0.15) is 6.23 Å². The van der Waals surface area contributed by atoms with Crippen molar-refractivity contribution in [2.24, 2.45) is 0 Å². The molecule has 2 heterocycles. The maximum Gasteiger partial charge on any atom is 0.131 e. The highest BCUT2D eigenvalue weighted by Gasteiger charge is 2.35. The lowest BCUT2D eigenvalue weighted by molar-refractivity contribution is -0.0214. The summed E-state index contributed by atoms with van der Waals surface area (Å²) in [7, 11) is 0. The molecular weight excluding hydrogens is 198 g/mol. The van der Waals surface area contributed by atoms with Crippen LogP contribution in [0.2, 0.25) is 0 Å². The summed E-state index contributed by atoms with van der Waals surface area (Å²) < 4.78 is 6.20. The quantitative estimate of drug-likeness (QED) is 0.752. The Morgan fingerprint density at radius 1 is 1.38 bits per heavy atom. The van der Waals surface area contributed by atoms with Crippen molar-refractivity contribution in [3.8, 4) is 0 Å². The van der Waals surface area contributed by atoms with Crippen molar-refractivity contribution < 1.29 is 4.74 Å². The number of nitrogens with zero attached hydrogens (tertiary/aromatic N) is 1. The average Bonchev–Trinajstić information content (AvgIpc) is 2.78. The number of rotatable bonds is 2. The van der Waals surface area contributed by atoms with Gasteiger partial charge in [-0.1, -0.05) is 31.5 Å². The van der Waals surface area contributed by atoms with Crippen LogP contribution in [0, 0.1) is 0 Å². The number of hydrogen-bond acceptors (Lipinski definition) is 2. The van der Waals surface area contributed by atoms with Crippen molar-refractivity contribution >= 4 is 5.69 Å². The van der Waals surface area contributed by atoms with Gasteiger partial charge in [0.15, 0.2) is 0 Å². The lowest BCUT2D eigenvalue weighted by atomic mass is 10.0. The molecule has 2 nitrogen and oxygen atoms in total. The summed E-state index contributed by atoms with van der Waals surface area (Å²) in [5.74, 6) is 0. The fraction of sp³-hybridized carbons (Fsp3) is 0.571. The van der Waals surface area contributed by atoms with Gasteiger partial charge in [-0.3, -0.25) is 0 Å². The second kappa shape index (κ2) is 4.10. The minimum atomic E-state index is 0.320. The first-order chi connectivity index (χ1) is 7.90. The van der Waals surface area contributed by atoms with Crippen LogP contribution < -0.4 is 4.90 Å². The van der Waals surface area contributed by atoms with Crippen molar-refractivity contribution in [1.29, 1.82) is 0 Å². The van der Waals surface area contributed by atoms with Crippen LogP contribution in [-0.2, 0) is 4.74 Å². The molecule has 0 aliphatic carbocycles.